The van der Waals surface area contributed by atoms with E-state index in [1.54, 1.807) is 0 Å². The molecule has 0 aliphatic heterocycles. The molecule has 0 aromatic heterocycles. The van der Waals surface area contributed by atoms with Crippen LogP contribution in [0.2, 0.25) is 13.3 Å². The van der Waals surface area contributed by atoms with Crippen LogP contribution in [0.4, 0.5) is 0 Å². The minimum absolute atomic E-state index is 0.826. The molecule has 0 fully saturated rings. The van der Waals surface area contributed by atoms with Crippen molar-refractivity contribution in [1.82, 2.24) is 0 Å². The molecule has 0 N–H and O–H groups in total. The Hall–Kier alpha value is -0.0213. The molecule has 84 valence electrons. The van der Waals surface area contributed by atoms with Crippen LogP contribution < -0.4 is 0 Å². The molecular formula is C13H22OSn. The van der Waals surface area contributed by atoms with Gasteiger partial charge in [-0.15, -0.1) is 0 Å². The van der Waals surface area contributed by atoms with Gasteiger partial charge in [-0.1, -0.05) is 0 Å². The summed E-state index contributed by atoms with van der Waals surface area (Å²) in [5.74, 6) is 0. The van der Waals surface area contributed by atoms with Crippen molar-refractivity contribution in [3.63, 3.8) is 0 Å². The van der Waals surface area contributed by atoms with Crippen LogP contribution in [0.25, 0.3) is 0 Å². The van der Waals surface area contributed by atoms with Crippen molar-refractivity contribution in [2.45, 2.75) is 40.7 Å². The first-order valence-electron chi connectivity index (χ1n) is 5.94. The summed E-state index contributed by atoms with van der Waals surface area (Å²) in [6.07, 6.45) is 0. The normalized spacial score (nSPS) is 11.7. The molecular weight excluding hydrogens is 291 g/mol. The fourth-order valence-electron chi connectivity index (χ4n) is 1.87. The van der Waals surface area contributed by atoms with Crippen molar-refractivity contribution in [2.75, 3.05) is 0 Å². The molecule has 1 nitrogen and oxygen atoms in total. The second kappa shape index (κ2) is 6.54. The van der Waals surface area contributed by atoms with E-state index in [0.29, 0.717) is 0 Å². The zero-order valence-corrected chi connectivity index (χ0v) is 13.0. The van der Waals surface area contributed by atoms with Gasteiger partial charge in [-0.25, -0.2) is 0 Å². The third kappa shape index (κ3) is 3.80. The van der Waals surface area contributed by atoms with E-state index in [0.717, 1.165) is 6.61 Å². The van der Waals surface area contributed by atoms with Gasteiger partial charge in [0.1, 0.15) is 0 Å². The molecule has 0 atom stereocenters. The van der Waals surface area contributed by atoms with Crippen LogP contribution in [0.5, 0.6) is 0 Å². The van der Waals surface area contributed by atoms with Gasteiger partial charge < -0.3 is 0 Å². The number of rotatable bonds is 6. The first-order valence-corrected chi connectivity index (χ1v) is 13.2. The van der Waals surface area contributed by atoms with Gasteiger partial charge in [0.05, 0.1) is 0 Å². The predicted molar refractivity (Wildman–Crippen MR) is 68.4 cm³/mol. The van der Waals surface area contributed by atoms with Gasteiger partial charge in [0.2, 0.25) is 0 Å². The van der Waals surface area contributed by atoms with Crippen molar-refractivity contribution < 1.29 is 3.07 Å². The third-order valence-corrected chi connectivity index (χ3v) is 16.5. The summed E-state index contributed by atoms with van der Waals surface area (Å²) in [4.78, 5) is 0. The van der Waals surface area contributed by atoms with E-state index in [4.69, 9.17) is 3.07 Å². The van der Waals surface area contributed by atoms with Crippen LogP contribution in [0.1, 0.15) is 26.3 Å². The fraction of sp³-hybridized carbons (Fsp3) is 0.538. The van der Waals surface area contributed by atoms with E-state index in [9.17, 15) is 0 Å². The molecule has 2 heteroatoms. The molecule has 0 heterocycles. The average Bonchev–Trinajstić information content (AvgIpc) is 2.33. The second-order valence-corrected chi connectivity index (χ2v) is 17.6. The summed E-state index contributed by atoms with van der Waals surface area (Å²) in [7, 11) is 0. The molecule has 0 bridgehead atoms. The van der Waals surface area contributed by atoms with Gasteiger partial charge in [0.15, 0.2) is 0 Å². The predicted octanol–water partition coefficient (Wildman–Crippen LogP) is 4.21. The Morgan fingerprint density at radius 1 is 0.933 bits per heavy atom. The quantitative estimate of drug-likeness (QED) is 0.715. The standard InChI is InChI=1S/C7H7O.3C2H5.Sn/c8-6-7-4-2-1-3-5-7;3*1-2;/h1-5H,6H2;3*1H2,2H3;/q-1;;;;+1. The maximum absolute atomic E-state index is 6.27. The Labute approximate surface area is 98.3 Å². The number of benzene rings is 1. The first-order chi connectivity index (χ1) is 7.26. The Balaban J connectivity index is 2.54. The molecule has 0 amide bonds. The molecule has 0 radical (unpaired) electrons. The van der Waals surface area contributed by atoms with Crippen LogP contribution in [0, 0.1) is 0 Å². The van der Waals surface area contributed by atoms with Crippen molar-refractivity contribution >= 4 is 18.8 Å². The molecule has 0 saturated heterocycles. The maximum atomic E-state index is 6.27. The van der Waals surface area contributed by atoms with Crippen molar-refractivity contribution in [3.05, 3.63) is 35.9 Å². The van der Waals surface area contributed by atoms with Crippen molar-refractivity contribution in [1.29, 1.82) is 0 Å². The monoisotopic (exact) mass is 314 g/mol. The van der Waals surface area contributed by atoms with E-state index in [1.807, 2.05) is 0 Å². The van der Waals surface area contributed by atoms with E-state index in [2.05, 4.69) is 51.1 Å². The number of hydrogen-bond donors (Lipinski definition) is 0. The van der Waals surface area contributed by atoms with Gasteiger partial charge in [0.25, 0.3) is 0 Å². The summed E-state index contributed by atoms with van der Waals surface area (Å²) in [6.45, 7) is 7.72. The van der Waals surface area contributed by atoms with Gasteiger partial charge >= 0.3 is 98.4 Å². The fourth-order valence-corrected chi connectivity index (χ4v) is 9.25. The van der Waals surface area contributed by atoms with Crippen molar-refractivity contribution in [2.24, 2.45) is 0 Å². The Morgan fingerprint density at radius 3 is 1.93 bits per heavy atom. The average molecular weight is 313 g/mol. The summed E-state index contributed by atoms with van der Waals surface area (Å²) in [6, 6.07) is 10.5. The SMILES string of the molecule is C[CH2][Sn]([CH2]C)([CH2]C)[O]Cc1ccccc1. The van der Waals surface area contributed by atoms with Crippen LogP contribution in [0.3, 0.4) is 0 Å². The van der Waals surface area contributed by atoms with Crippen LogP contribution in [0.15, 0.2) is 30.3 Å². The van der Waals surface area contributed by atoms with Crippen LogP contribution in [-0.4, -0.2) is 18.8 Å². The third-order valence-electron chi connectivity index (χ3n) is 3.32. The Morgan fingerprint density at radius 2 is 1.47 bits per heavy atom. The minimum atomic E-state index is -2.16. The summed E-state index contributed by atoms with van der Waals surface area (Å²) < 4.78 is 10.2. The molecule has 0 saturated carbocycles. The molecule has 1 rings (SSSR count). The second-order valence-electron chi connectivity index (χ2n) is 4.02. The summed E-state index contributed by atoms with van der Waals surface area (Å²) >= 11 is -2.16. The van der Waals surface area contributed by atoms with E-state index < -0.39 is 18.8 Å². The van der Waals surface area contributed by atoms with Gasteiger partial charge in [0, 0.05) is 0 Å². The van der Waals surface area contributed by atoms with Crippen LogP contribution >= 0.6 is 0 Å². The Bertz CT molecular complexity index is 259. The summed E-state index contributed by atoms with van der Waals surface area (Å²) in [5, 5.41) is 0. The molecule has 0 aliphatic rings. The Kier molecular flexibility index (Phi) is 5.69. The van der Waals surface area contributed by atoms with Crippen LogP contribution in [-0.2, 0) is 9.68 Å². The molecule has 15 heavy (non-hydrogen) atoms. The zero-order chi connectivity index (χ0) is 11.1. The van der Waals surface area contributed by atoms with Gasteiger partial charge in [-0.3, -0.25) is 0 Å². The zero-order valence-electron chi connectivity index (χ0n) is 10.1. The van der Waals surface area contributed by atoms with E-state index in [-0.39, 0.29) is 0 Å². The first kappa shape index (κ1) is 13.0. The van der Waals surface area contributed by atoms with E-state index >= 15 is 0 Å². The molecule has 0 spiro atoms. The van der Waals surface area contributed by atoms with Gasteiger partial charge in [-0.2, -0.15) is 0 Å². The number of hydrogen-bond acceptors (Lipinski definition) is 1. The molecule has 1 aromatic carbocycles. The molecule has 0 unspecified atom stereocenters. The van der Waals surface area contributed by atoms with Gasteiger partial charge in [-0.05, 0) is 0 Å². The topological polar surface area (TPSA) is 9.23 Å². The summed E-state index contributed by atoms with van der Waals surface area (Å²) in [5.41, 5.74) is 1.31. The molecule has 1 aromatic rings. The molecule has 0 aliphatic carbocycles. The van der Waals surface area contributed by atoms with E-state index in [1.165, 1.54) is 18.9 Å². The van der Waals surface area contributed by atoms with Crippen molar-refractivity contribution in [3.8, 4) is 0 Å².